The van der Waals surface area contributed by atoms with Crippen LogP contribution < -0.4 is 5.32 Å². The minimum Gasteiger partial charge on any atom is -0.306 e. The summed E-state index contributed by atoms with van der Waals surface area (Å²) >= 11 is 14.3. The second-order valence-corrected chi connectivity index (χ2v) is 9.71. The van der Waals surface area contributed by atoms with Gasteiger partial charge >= 0.3 is 0 Å². The maximum Gasteiger partial charge on any atom is 0.0762 e. The van der Waals surface area contributed by atoms with Crippen molar-refractivity contribution < 1.29 is 0 Å². The van der Waals surface area contributed by atoms with E-state index in [1.165, 1.54) is 23.6 Å². The molecule has 2 aromatic rings. The van der Waals surface area contributed by atoms with Crippen LogP contribution in [0.15, 0.2) is 24.2 Å². The Hall–Kier alpha value is 0.800. The molecule has 2 heterocycles. The fraction of sp³-hybridized carbons (Fsp3) is 0.333. The van der Waals surface area contributed by atoms with Gasteiger partial charge in [-0.1, -0.05) is 6.92 Å². The Morgan fingerprint density at radius 3 is 2.39 bits per heavy atom. The smallest absolute Gasteiger partial charge is 0.0762 e. The average molecular weight is 474 g/mol. The number of aryl methyl sites for hydroxylation is 1. The third-order valence-electron chi connectivity index (χ3n) is 2.56. The molecule has 0 amide bonds. The van der Waals surface area contributed by atoms with Crippen LogP contribution in [0.4, 0.5) is 0 Å². The number of nitrogens with one attached hydrogen (secondary N) is 1. The van der Waals surface area contributed by atoms with Crippen LogP contribution in [0, 0.1) is 6.92 Å². The van der Waals surface area contributed by atoms with Crippen molar-refractivity contribution >= 4 is 70.5 Å². The van der Waals surface area contributed by atoms with E-state index in [0.29, 0.717) is 0 Å². The predicted molar refractivity (Wildman–Crippen MR) is 92.0 cm³/mol. The molecule has 0 saturated heterocycles. The van der Waals surface area contributed by atoms with E-state index in [4.69, 9.17) is 0 Å². The Balaban J connectivity index is 2.42. The van der Waals surface area contributed by atoms with Gasteiger partial charge < -0.3 is 5.32 Å². The molecule has 0 fully saturated rings. The molecule has 1 N–H and O–H groups in total. The first-order valence-corrected chi connectivity index (χ1v) is 9.48. The molecular weight excluding hydrogens is 462 g/mol. The van der Waals surface area contributed by atoms with Crippen molar-refractivity contribution in [3.05, 3.63) is 39.5 Å². The Kier molecular flexibility index (Phi) is 5.49. The van der Waals surface area contributed by atoms with Crippen molar-refractivity contribution in [3.8, 4) is 0 Å². The van der Waals surface area contributed by atoms with Gasteiger partial charge in [0.05, 0.1) is 13.6 Å². The monoisotopic (exact) mass is 471 g/mol. The molecule has 0 aromatic carbocycles. The van der Waals surface area contributed by atoms with E-state index < -0.39 is 0 Å². The van der Waals surface area contributed by atoms with Gasteiger partial charge in [0.2, 0.25) is 0 Å². The van der Waals surface area contributed by atoms with Gasteiger partial charge in [0.15, 0.2) is 0 Å². The fourth-order valence-electron chi connectivity index (χ4n) is 1.74. The van der Waals surface area contributed by atoms with Crippen molar-refractivity contribution in [2.24, 2.45) is 0 Å². The molecule has 98 valence electrons. The van der Waals surface area contributed by atoms with Crippen molar-refractivity contribution in [2.45, 2.75) is 19.9 Å². The normalized spacial score (nSPS) is 12.9. The highest BCUT2D eigenvalue weighted by atomic mass is 79.9. The van der Waals surface area contributed by atoms with Gasteiger partial charge in [-0.25, -0.2) is 0 Å². The lowest BCUT2D eigenvalue weighted by Crippen LogP contribution is -2.20. The van der Waals surface area contributed by atoms with Gasteiger partial charge in [-0.05, 0) is 73.4 Å². The first-order chi connectivity index (χ1) is 8.52. The summed E-state index contributed by atoms with van der Waals surface area (Å²) in [4.78, 5) is 2.66. The third kappa shape index (κ3) is 3.27. The maximum absolute atomic E-state index is 3.65. The number of rotatable bonds is 4. The molecule has 18 heavy (non-hydrogen) atoms. The van der Waals surface area contributed by atoms with Crippen LogP contribution in [0.3, 0.4) is 0 Å². The van der Waals surface area contributed by atoms with Crippen molar-refractivity contribution in [1.29, 1.82) is 0 Å². The van der Waals surface area contributed by atoms with E-state index in [1.807, 2.05) is 11.3 Å². The Bertz CT molecular complexity index is 528. The molecule has 6 heteroatoms. The number of hydrogen-bond acceptors (Lipinski definition) is 3. The van der Waals surface area contributed by atoms with E-state index >= 15 is 0 Å². The summed E-state index contributed by atoms with van der Waals surface area (Å²) in [5.74, 6) is 0. The molecule has 0 aliphatic heterocycles. The van der Waals surface area contributed by atoms with Crippen molar-refractivity contribution in [3.63, 3.8) is 0 Å². The molecule has 1 atom stereocenters. The summed E-state index contributed by atoms with van der Waals surface area (Å²) in [5, 5.41) is 3.56. The van der Waals surface area contributed by atoms with Crippen LogP contribution in [-0.2, 0) is 0 Å². The highest BCUT2D eigenvalue weighted by Crippen LogP contribution is 2.40. The van der Waals surface area contributed by atoms with Gasteiger partial charge in [-0.15, -0.1) is 22.7 Å². The van der Waals surface area contributed by atoms with Crippen molar-refractivity contribution in [1.82, 2.24) is 5.32 Å². The Morgan fingerprint density at radius 2 is 1.94 bits per heavy atom. The van der Waals surface area contributed by atoms with Crippen LogP contribution >= 0.6 is 70.5 Å². The third-order valence-corrected chi connectivity index (χ3v) is 7.15. The summed E-state index contributed by atoms with van der Waals surface area (Å²) in [6, 6.07) is 4.65. The van der Waals surface area contributed by atoms with Crippen LogP contribution in [0.5, 0.6) is 0 Å². The standard InChI is InChI=1S/C12H12Br3NS2/c1-3-16-11(7-4-10(14)18-12(7)15)9-5-8(13)6(2)17-9/h4-5,11,16H,3H2,1-2H3. The molecule has 0 radical (unpaired) electrons. The van der Waals surface area contributed by atoms with Crippen LogP contribution in [0.25, 0.3) is 0 Å². The zero-order valence-electron chi connectivity index (χ0n) is 9.89. The molecule has 0 aliphatic rings. The molecule has 0 spiro atoms. The predicted octanol–water partition coefficient (Wildman–Crippen LogP) is 6.10. The molecule has 1 unspecified atom stereocenters. The van der Waals surface area contributed by atoms with E-state index in [-0.39, 0.29) is 6.04 Å². The maximum atomic E-state index is 3.65. The highest BCUT2D eigenvalue weighted by molar-refractivity contribution is 9.12. The van der Waals surface area contributed by atoms with Gasteiger partial charge in [-0.3, -0.25) is 0 Å². The molecule has 1 nitrogen and oxygen atoms in total. The van der Waals surface area contributed by atoms with Crippen LogP contribution in [-0.4, -0.2) is 6.54 Å². The van der Waals surface area contributed by atoms with E-state index in [9.17, 15) is 0 Å². The highest BCUT2D eigenvalue weighted by Gasteiger charge is 2.20. The SMILES string of the molecule is CCNC(c1cc(Br)c(C)s1)c1cc(Br)sc1Br. The van der Waals surface area contributed by atoms with Gasteiger partial charge in [-0.2, -0.15) is 0 Å². The number of halogens is 3. The largest absolute Gasteiger partial charge is 0.306 e. The van der Waals surface area contributed by atoms with Crippen LogP contribution in [0.2, 0.25) is 0 Å². The summed E-state index contributed by atoms with van der Waals surface area (Å²) < 4.78 is 3.53. The second kappa shape index (κ2) is 6.50. The first-order valence-electron chi connectivity index (χ1n) is 5.46. The van der Waals surface area contributed by atoms with Gasteiger partial charge in [0, 0.05) is 19.8 Å². The molecule has 0 bridgehead atoms. The minimum absolute atomic E-state index is 0.252. The Labute approximate surface area is 140 Å². The molecule has 2 aromatic heterocycles. The van der Waals surface area contributed by atoms with E-state index in [2.05, 4.69) is 79.1 Å². The number of hydrogen-bond donors (Lipinski definition) is 1. The van der Waals surface area contributed by atoms with E-state index in [0.717, 1.165) is 10.3 Å². The molecule has 0 aliphatic carbocycles. The number of thiophene rings is 2. The zero-order chi connectivity index (χ0) is 13.3. The topological polar surface area (TPSA) is 12.0 Å². The lowest BCUT2D eigenvalue weighted by atomic mass is 10.1. The summed E-state index contributed by atoms with van der Waals surface area (Å²) in [5.41, 5.74) is 1.29. The lowest BCUT2D eigenvalue weighted by Gasteiger charge is -2.15. The van der Waals surface area contributed by atoms with Crippen molar-refractivity contribution in [2.75, 3.05) is 6.54 Å². The Morgan fingerprint density at radius 1 is 1.22 bits per heavy atom. The lowest BCUT2D eigenvalue weighted by molar-refractivity contribution is 0.639. The van der Waals surface area contributed by atoms with Gasteiger partial charge in [0.25, 0.3) is 0 Å². The summed E-state index contributed by atoms with van der Waals surface area (Å²) in [6.45, 7) is 5.22. The van der Waals surface area contributed by atoms with Crippen LogP contribution in [0.1, 0.15) is 28.3 Å². The zero-order valence-corrected chi connectivity index (χ0v) is 16.3. The second-order valence-electron chi connectivity index (χ2n) is 3.82. The minimum atomic E-state index is 0.252. The van der Waals surface area contributed by atoms with Gasteiger partial charge in [0.1, 0.15) is 0 Å². The quantitative estimate of drug-likeness (QED) is 0.565. The summed E-state index contributed by atoms with van der Waals surface area (Å²) in [7, 11) is 0. The average Bonchev–Trinajstić information content (AvgIpc) is 2.79. The molecule has 0 saturated carbocycles. The summed E-state index contributed by atoms with van der Waals surface area (Å²) in [6.07, 6.45) is 0. The molecule has 2 rings (SSSR count). The first kappa shape index (κ1) is 15.2. The molecular formula is C12H12Br3NS2. The van der Waals surface area contributed by atoms with E-state index in [1.54, 1.807) is 11.3 Å². The fourth-order valence-corrected chi connectivity index (χ4v) is 6.30.